The van der Waals surface area contributed by atoms with Gasteiger partial charge < -0.3 is 15.4 Å². The van der Waals surface area contributed by atoms with E-state index < -0.39 is 0 Å². The van der Waals surface area contributed by atoms with Crippen LogP contribution in [-0.2, 0) is 6.54 Å². The van der Waals surface area contributed by atoms with Gasteiger partial charge in [-0.05, 0) is 25.1 Å². The van der Waals surface area contributed by atoms with Crippen LogP contribution in [0.1, 0.15) is 6.92 Å². The molecule has 7 heteroatoms. The van der Waals surface area contributed by atoms with Gasteiger partial charge in [-0.3, -0.25) is 9.67 Å². The van der Waals surface area contributed by atoms with Crippen LogP contribution in [0.3, 0.4) is 0 Å². The molecule has 1 aromatic carbocycles. The van der Waals surface area contributed by atoms with Crippen molar-refractivity contribution in [1.29, 1.82) is 0 Å². The minimum atomic E-state index is -0.307. The van der Waals surface area contributed by atoms with Gasteiger partial charge in [-0.2, -0.15) is 5.10 Å². The molecule has 1 unspecified atom stereocenters. The zero-order valence-corrected chi connectivity index (χ0v) is 13.4. The molecule has 2 N–H and O–H groups in total. The molecule has 0 aliphatic carbocycles. The van der Waals surface area contributed by atoms with Crippen LogP contribution in [0.4, 0.5) is 4.39 Å². The summed E-state index contributed by atoms with van der Waals surface area (Å²) in [6.45, 7) is 3.93. The molecule has 2 aromatic rings. The fraction of sp³-hybridized carbons (Fsp3) is 0.375. The number of aromatic nitrogens is 2. The number of ether oxygens (including phenoxy) is 1. The van der Waals surface area contributed by atoms with Gasteiger partial charge in [0.15, 0.2) is 5.96 Å². The maximum atomic E-state index is 13.1. The van der Waals surface area contributed by atoms with Crippen molar-refractivity contribution in [3.8, 4) is 5.75 Å². The molecule has 0 spiro atoms. The van der Waals surface area contributed by atoms with Crippen LogP contribution < -0.4 is 15.4 Å². The Labute approximate surface area is 135 Å². The minimum Gasteiger partial charge on any atom is -0.489 e. The van der Waals surface area contributed by atoms with E-state index in [0.29, 0.717) is 24.8 Å². The predicted molar refractivity (Wildman–Crippen MR) is 88.1 cm³/mol. The van der Waals surface area contributed by atoms with E-state index in [-0.39, 0.29) is 11.9 Å². The Hall–Kier alpha value is -2.57. The Morgan fingerprint density at radius 3 is 2.96 bits per heavy atom. The van der Waals surface area contributed by atoms with Gasteiger partial charge in [0.2, 0.25) is 0 Å². The third-order valence-electron chi connectivity index (χ3n) is 3.11. The van der Waals surface area contributed by atoms with E-state index in [1.807, 2.05) is 23.9 Å². The van der Waals surface area contributed by atoms with Gasteiger partial charge >= 0.3 is 0 Å². The van der Waals surface area contributed by atoms with E-state index in [0.717, 1.165) is 6.54 Å². The lowest BCUT2D eigenvalue weighted by atomic mass is 10.3. The maximum Gasteiger partial charge on any atom is 0.191 e. The molecule has 0 radical (unpaired) electrons. The third-order valence-corrected chi connectivity index (χ3v) is 3.11. The van der Waals surface area contributed by atoms with Gasteiger partial charge in [0.1, 0.15) is 17.7 Å². The smallest absolute Gasteiger partial charge is 0.191 e. The van der Waals surface area contributed by atoms with Gasteiger partial charge in [0.25, 0.3) is 0 Å². The summed E-state index contributed by atoms with van der Waals surface area (Å²) in [5.74, 6) is 0.895. The van der Waals surface area contributed by atoms with Crippen molar-refractivity contribution in [2.24, 2.45) is 4.99 Å². The van der Waals surface area contributed by atoms with E-state index >= 15 is 0 Å². The van der Waals surface area contributed by atoms with Gasteiger partial charge in [0, 0.05) is 32.1 Å². The monoisotopic (exact) mass is 319 g/mol. The predicted octanol–water partition coefficient (Wildman–Crippen LogP) is 1.65. The van der Waals surface area contributed by atoms with Crippen molar-refractivity contribution in [3.63, 3.8) is 0 Å². The van der Waals surface area contributed by atoms with E-state index in [9.17, 15) is 4.39 Å². The number of halogens is 1. The first-order valence-electron chi connectivity index (χ1n) is 7.51. The number of hydrogen-bond donors (Lipinski definition) is 2. The average molecular weight is 319 g/mol. The quantitative estimate of drug-likeness (QED) is 0.602. The van der Waals surface area contributed by atoms with Crippen LogP contribution in [0.25, 0.3) is 0 Å². The van der Waals surface area contributed by atoms with Gasteiger partial charge in [-0.1, -0.05) is 6.07 Å². The molecule has 0 aliphatic rings. The first kappa shape index (κ1) is 16.8. The normalized spacial score (nSPS) is 12.7. The third kappa shape index (κ3) is 5.98. The molecule has 0 saturated carbocycles. The molecule has 0 aliphatic heterocycles. The van der Waals surface area contributed by atoms with Crippen molar-refractivity contribution in [2.75, 3.05) is 20.1 Å². The van der Waals surface area contributed by atoms with Crippen LogP contribution >= 0.6 is 0 Å². The number of nitrogens with zero attached hydrogens (tertiary/aromatic N) is 3. The summed E-state index contributed by atoms with van der Waals surface area (Å²) in [4.78, 5) is 4.15. The van der Waals surface area contributed by atoms with Crippen LogP contribution in [0.2, 0.25) is 0 Å². The minimum absolute atomic E-state index is 0.124. The highest BCUT2D eigenvalue weighted by Gasteiger charge is 2.06. The zero-order valence-electron chi connectivity index (χ0n) is 13.4. The molecule has 1 aromatic heterocycles. The highest BCUT2D eigenvalue weighted by molar-refractivity contribution is 5.79. The maximum absolute atomic E-state index is 13.1. The van der Waals surface area contributed by atoms with E-state index in [1.54, 1.807) is 25.4 Å². The van der Waals surface area contributed by atoms with Gasteiger partial charge in [-0.25, -0.2) is 4.39 Å². The Morgan fingerprint density at radius 1 is 1.39 bits per heavy atom. The molecule has 23 heavy (non-hydrogen) atoms. The molecular formula is C16H22FN5O. The summed E-state index contributed by atoms with van der Waals surface area (Å²) in [5.41, 5.74) is 0. The highest BCUT2D eigenvalue weighted by Crippen LogP contribution is 2.13. The number of benzene rings is 1. The zero-order chi connectivity index (χ0) is 16.5. The lowest BCUT2D eigenvalue weighted by molar-refractivity contribution is 0.223. The highest BCUT2D eigenvalue weighted by atomic mass is 19.1. The molecule has 2 rings (SSSR count). The summed E-state index contributed by atoms with van der Waals surface area (Å²) in [6.07, 6.45) is 3.53. The standard InChI is InChI=1S/C16H22FN5O/c1-13(23-15-6-3-5-14(17)11-15)12-20-16(18-2)19-8-10-22-9-4-7-21-22/h3-7,9,11,13H,8,10,12H2,1-2H3,(H2,18,19,20). The largest absolute Gasteiger partial charge is 0.489 e. The van der Waals surface area contributed by atoms with Crippen LogP contribution in [0.15, 0.2) is 47.7 Å². The second kappa shape index (κ2) is 8.77. The Balaban J connectivity index is 1.70. The fourth-order valence-corrected chi connectivity index (χ4v) is 2.00. The van der Waals surface area contributed by atoms with Gasteiger partial charge in [-0.15, -0.1) is 0 Å². The molecule has 1 heterocycles. The van der Waals surface area contributed by atoms with Crippen LogP contribution in [0, 0.1) is 5.82 Å². The molecule has 124 valence electrons. The van der Waals surface area contributed by atoms with Crippen LogP contribution in [0.5, 0.6) is 5.75 Å². The van der Waals surface area contributed by atoms with E-state index in [2.05, 4.69) is 20.7 Å². The SMILES string of the molecule is CN=C(NCCn1cccn1)NCC(C)Oc1cccc(F)c1. The van der Waals surface area contributed by atoms with Crippen molar-refractivity contribution < 1.29 is 9.13 Å². The van der Waals surface area contributed by atoms with Crippen molar-refractivity contribution in [3.05, 3.63) is 48.5 Å². The fourth-order valence-electron chi connectivity index (χ4n) is 2.00. The summed E-state index contributed by atoms with van der Waals surface area (Å²) in [5, 5.41) is 10.5. The number of guanidine groups is 1. The number of hydrogen-bond acceptors (Lipinski definition) is 3. The van der Waals surface area contributed by atoms with Crippen molar-refractivity contribution in [2.45, 2.75) is 19.6 Å². The molecule has 0 bridgehead atoms. The number of rotatable bonds is 7. The number of aliphatic imine (C=N–C) groups is 1. The lowest BCUT2D eigenvalue weighted by Crippen LogP contribution is -2.42. The molecule has 1 atom stereocenters. The first-order valence-corrected chi connectivity index (χ1v) is 7.51. The summed E-state index contributed by atoms with van der Waals surface area (Å²) in [7, 11) is 1.71. The Bertz CT molecular complexity index is 615. The first-order chi connectivity index (χ1) is 11.2. The summed E-state index contributed by atoms with van der Waals surface area (Å²) in [6, 6.07) is 8.00. The molecular weight excluding hydrogens is 297 g/mol. The second-order valence-electron chi connectivity index (χ2n) is 5.03. The number of nitrogens with one attached hydrogen (secondary N) is 2. The topological polar surface area (TPSA) is 63.5 Å². The van der Waals surface area contributed by atoms with Crippen molar-refractivity contribution in [1.82, 2.24) is 20.4 Å². The molecule has 0 saturated heterocycles. The average Bonchev–Trinajstić information content (AvgIpc) is 3.04. The molecule has 6 nitrogen and oxygen atoms in total. The second-order valence-corrected chi connectivity index (χ2v) is 5.03. The van der Waals surface area contributed by atoms with E-state index in [1.165, 1.54) is 12.1 Å². The van der Waals surface area contributed by atoms with Crippen molar-refractivity contribution >= 4 is 5.96 Å². The Morgan fingerprint density at radius 2 is 2.26 bits per heavy atom. The van der Waals surface area contributed by atoms with E-state index in [4.69, 9.17) is 4.74 Å². The Kier molecular flexibility index (Phi) is 6.40. The lowest BCUT2D eigenvalue weighted by Gasteiger charge is -2.17. The van der Waals surface area contributed by atoms with Gasteiger partial charge in [0.05, 0.1) is 13.1 Å². The summed E-state index contributed by atoms with van der Waals surface area (Å²) < 4.78 is 20.6. The summed E-state index contributed by atoms with van der Waals surface area (Å²) >= 11 is 0. The molecule has 0 fully saturated rings. The van der Waals surface area contributed by atoms with Crippen LogP contribution in [-0.4, -0.2) is 42.0 Å². The molecule has 0 amide bonds.